The van der Waals surface area contributed by atoms with Gasteiger partial charge in [-0.05, 0) is 28.1 Å². The van der Waals surface area contributed by atoms with Crippen molar-refractivity contribution in [2.45, 2.75) is 5.88 Å². The summed E-state index contributed by atoms with van der Waals surface area (Å²) >= 11 is 8.75. The second-order valence-electron chi connectivity index (χ2n) is 3.18. The maximum absolute atomic E-state index is 10.6. The molecule has 0 aliphatic rings. The largest absolute Gasteiger partial charge is 0.283 e. The summed E-state index contributed by atoms with van der Waals surface area (Å²) in [5.74, 6) is 0.272. The van der Waals surface area contributed by atoms with Crippen molar-refractivity contribution in [2.24, 2.45) is 0 Å². The van der Waals surface area contributed by atoms with Crippen molar-refractivity contribution in [2.75, 3.05) is 0 Å². The number of alkyl halides is 1. The fourth-order valence-electron chi connectivity index (χ4n) is 1.27. The number of nitro benzene ring substituents is 1. The third-order valence-electron chi connectivity index (χ3n) is 2.07. The lowest BCUT2D eigenvalue weighted by Crippen LogP contribution is -1.96. The number of nitrogens with zero attached hydrogens (tertiary/aromatic N) is 4. The Balaban J connectivity index is 2.40. The maximum Gasteiger partial charge on any atom is 0.283 e. The van der Waals surface area contributed by atoms with Crippen LogP contribution in [0.3, 0.4) is 0 Å². The van der Waals surface area contributed by atoms with Gasteiger partial charge in [0.15, 0.2) is 0 Å². The van der Waals surface area contributed by atoms with Gasteiger partial charge in [-0.25, -0.2) is 4.68 Å². The van der Waals surface area contributed by atoms with E-state index in [-0.39, 0.29) is 11.6 Å². The summed E-state index contributed by atoms with van der Waals surface area (Å²) in [5.41, 5.74) is 1.32. The summed E-state index contributed by atoms with van der Waals surface area (Å²) in [6, 6.07) is 4.60. The second kappa shape index (κ2) is 4.80. The molecular formula is C9H6BrClN4O2. The van der Waals surface area contributed by atoms with E-state index in [0.29, 0.717) is 15.9 Å². The van der Waals surface area contributed by atoms with Crippen LogP contribution in [0.2, 0.25) is 0 Å². The van der Waals surface area contributed by atoms with Crippen molar-refractivity contribution in [3.8, 4) is 5.69 Å². The molecule has 8 heteroatoms. The third kappa shape index (κ3) is 2.45. The minimum atomic E-state index is -0.459. The van der Waals surface area contributed by atoms with Crippen LogP contribution in [0.4, 0.5) is 5.69 Å². The van der Waals surface area contributed by atoms with Crippen molar-refractivity contribution in [3.05, 3.63) is 44.7 Å². The Labute approximate surface area is 109 Å². The molecule has 0 radical (unpaired) electrons. The molecule has 0 saturated carbocycles. The maximum atomic E-state index is 10.6. The minimum absolute atomic E-state index is 0.00596. The smallest absolute Gasteiger partial charge is 0.258 e. The Morgan fingerprint density at radius 2 is 2.29 bits per heavy atom. The molecule has 0 spiro atoms. The highest BCUT2D eigenvalue weighted by Crippen LogP contribution is 2.26. The van der Waals surface area contributed by atoms with Crippen molar-refractivity contribution < 1.29 is 4.92 Å². The molecule has 0 unspecified atom stereocenters. The first-order chi connectivity index (χ1) is 8.11. The molecular weight excluding hydrogens is 311 g/mol. The Hall–Kier alpha value is -1.47. The molecule has 0 atom stereocenters. The first-order valence-corrected chi connectivity index (χ1v) is 5.86. The molecule has 1 heterocycles. The van der Waals surface area contributed by atoms with Gasteiger partial charge in [0.2, 0.25) is 0 Å². The summed E-state index contributed by atoms with van der Waals surface area (Å²) in [7, 11) is 0. The molecule has 0 bridgehead atoms. The highest BCUT2D eigenvalue weighted by atomic mass is 79.9. The SMILES string of the molecule is O=[N+]([O-])c1ccc(-n2cc(CCl)nn2)cc1Br. The lowest BCUT2D eigenvalue weighted by molar-refractivity contribution is -0.385. The van der Waals surface area contributed by atoms with E-state index in [2.05, 4.69) is 26.2 Å². The molecule has 1 aromatic carbocycles. The van der Waals surface area contributed by atoms with Crippen molar-refractivity contribution in [3.63, 3.8) is 0 Å². The summed E-state index contributed by atoms with van der Waals surface area (Å²) in [4.78, 5) is 10.2. The summed E-state index contributed by atoms with van der Waals surface area (Å²) in [6.45, 7) is 0. The molecule has 0 N–H and O–H groups in total. The van der Waals surface area contributed by atoms with Crippen LogP contribution in [0.25, 0.3) is 5.69 Å². The van der Waals surface area contributed by atoms with Gasteiger partial charge in [-0.1, -0.05) is 5.21 Å². The zero-order chi connectivity index (χ0) is 12.4. The highest BCUT2D eigenvalue weighted by Gasteiger charge is 2.12. The zero-order valence-electron chi connectivity index (χ0n) is 8.38. The second-order valence-corrected chi connectivity index (χ2v) is 4.30. The fraction of sp³-hybridized carbons (Fsp3) is 0.111. The van der Waals surface area contributed by atoms with Gasteiger partial charge in [0.25, 0.3) is 5.69 Å². The van der Waals surface area contributed by atoms with Crippen molar-refractivity contribution >= 4 is 33.2 Å². The Morgan fingerprint density at radius 1 is 1.53 bits per heavy atom. The zero-order valence-corrected chi connectivity index (χ0v) is 10.7. The van der Waals surface area contributed by atoms with E-state index in [1.54, 1.807) is 18.3 Å². The van der Waals surface area contributed by atoms with Crippen LogP contribution < -0.4 is 0 Å². The van der Waals surface area contributed by atoms with E-state index in [4.69, 9.17) is 11.6 Å². The van der Waals surface area contributed by atoms with Crippen LogP contribution in [0, 0.1) is 10.1 Å². The molecule has 0 fully saturated rings. The van der Waals surface area contributed by atoms with Crippen molar-refractivity contribution in [1.29, 1.82) is 0 Å². The van der Waals surface area contributed by atoms with E-state index in [9.17, 15) is 10.1 Å². The lowest BCUT2D eigenvalue weighted by Gasteiger charge is -2.01. The number of rotatable bonds is 3. The van der Waals surface area contributed by atoms with Crippen molar-refractivity contribution in [1.82, 2.24) is 15.0 Å². The van der Waals surface area contributed by atoms with Gasteiger partial charge in [-0.2, -0.15) is 0 Å². The molecule has 2 aromatic rings. The van der Waals surface area contributed by atoms with Crippen LogP contribution in [0.15, 0.2) is 28.9 Å². The minimum Gasteiger partial charge on any atom is -0.258 e. The quantitative estimate of drug-likeness (QED) is 0.495. The molecule has 88 valence electrons. The molecule has 0 saturated heterocycles. The summed E-state index contributed by atoms with van der Waals surface area (Å²) in [6.07, 6.45) is 1.67. The molecule has 6 nitrogen and oxygen atoms in total. The molecule has 0 amide bonds. The molecule has 1 aromatic heterocycles. The highest BCUT2D eigenvalue weighted by molar-refractivity contribution is 9.10. The predicted octanol–water partition coefficient (Wildman–Crippen LogP) is 2.68. The van der Waals surface area contributed by atoms with Crippen LogP contribution in [-0.2, 0) is 5.88 Å². The topological polar surface area (TPSA) is 73.8 Å². The normalized spacial score (nSPS) is 10.5. The summed E-state index contributed by atoms with van der Waals surface area (Å²) in [5, 5.41) is 18.3. The fourth-order valence-corrected chi connectivity index (χ4v) is 1.91. The van der Waals surface area contributed by atoms with Crippen LogP contribution in [0.5, 0.6) is 0 Å². The predicted molar refractivity (Wildman–Crippen MR) is 65.3 cm³/mol. The van der Waals surface area contributed by atoms with Gasteiger partial charge in [0, 0.05) is 6.07 Å². The molecule has 0 aliphatic heterocycles. The van der Waals surface area contributed by atoms with E-state index in [0.717, 1.165) is 0 Å². The first kappa shape index (κ1) is 12.0. The number of aromatic nitrogens is 3. The number of nitro groups is 1. The standard InChI is InChI=1S/C9H6BrClN4O2/c10-8-3-7(1-2-9(8)15(16)17)14-5-6(4-11)12-13-14/h1-3,5H,4H2. The monoisotopic (exact) mass is 316 g/mol. The van der Waals surface area contributed by atoms with Gasteiger partial charge in [0.05, 0.1) is 32.9 Å². The van der Waals surface area contributed by atoms with E-state index in [1.165, 1.54) is 10.7 Å². The van der Waals surface area contributed by atoms with Gasteiger partial charge in [-0.15, -0.1) is 16.7 Å². The van der Waals surface area contributed by atoms with E-state index < -0.39 is 4.92 Å². The summed E-state index contributed by atoms with van der Waals surface area (Å²) < 4.78 is 1.90. The van der Waals surface area contributed by atoms with Gasteiger partial charge >= 0.3 is 0 Å². The van der Waals surface area contributed by atoms with Gasteiger partial charge < -0.3 is 0 Å². The number of benzene rings is 1. The molecule has 17 heavy (non-hydrogen) atoms. The average Bonchev–Trinajstić information content (AvgIpc) is 2.76. The van der Waals surface area contributed by atoms with E-state index >= 15 is 0 Å². The average molecular weight is 318 g/mol. The first-order valence-electron chi connectivity index (χ1n) is 4.53. The van der Waals surface area contributed by atoms with E-state index in [1.807, 2.05) is 0 Å². The Morgan fingerprint density at radius 3 is 2.82 bits per heavy atom. The molecule has 2 rings (SSSR count). The van der Waals surface area contributed by atoms with Gasteiger partial charge in [-0.3, -0.25) is 10.1 Å². The number of halogens is 2. The number of hydrogen-bond acceptors (Lipinski definition) is 4. The Bertz CT molecular complexity index is 572. The van der Waals surface area contributed by atoms with Crippen LogP contribution in [-0.4, -0.2) is 19.9 Å². The third-order valence-corrected chi connectivity index (χ3v) is 2.98. The molecule has 0 aliphatic carbocycles. The van der Waals surface area contributed by atoms with Gasteiger partial charge in [0.1, 0.15) is 0 Å². The Kier molecular flexibility index (Phi) is 3.39. The van der Waals surface area contributed by atoms with Crippen LogP contribution in [0.1, 0.15) is 5.69 Å². The lowest BCUT2D eigenvalue weighted by atomic mass is 10.3. The van der Waals surface area contributed by atoms with Crippen LogP contribution >= 0.6 is 27.5 Å². The number of hydrogen-bond donors (Lipinski definition) is 0.